The summed E-state index contributed by atoms with van der Waals surface area (Å²) in [5.74, 6) is -0.0808. The van der Waals surface area contributed by atoms with Crippen molar-refractivity contribution in [1.29, 1.82) is 0 Å². The molecule has 0 spiro atoms. The van der Waals surface area contributed by atoms with E-state index in [1.165, 1.54) is 6.07 Å². The number of rotatable bonds is 4. The molecule has 0 saturated heterocycles. The first-order valence-corrected chi connectivity index (χ1v) is 6.09. The summed E-state index contributed by atoms with van der Waals surface area (Å²) in [7, 11) is 0. The molecule has 2 rings (SSSR count). The molecule has 0 radical (unpaired) electrons. The van der Waals surface area contributed by atoms with Crippen LogP contribution >= 0.6 is 0 Å². The molecule has 19 heavy (non-hydrogen) atoms. The minimum atomic E-state index is -0.199. The molecule has 0 unspecified atom stereocenters. The fraction of sp³-hybridized carbons (Fsp3) is 0.133. The van der Waals surface area contributed by atoms with Gasteiger partial charge in [0.05, 0.1) is 0 Å². The van der Waals surface area contributed by atoms with Crippen molar-refractivity contribution in [2.45, 2.75) is 6.42 Å². The second-order valence-corrected chi connectivity index (χ2v) is 4.20. The molecule has 0 aliphatic rings. The lowest BCUT2D eigenvalue weighted by Gasteiger charge is -2.09. The third-order valence-corrected chi connectivity index (χ3v) is 2.78. The molecule has 2 aromatic rings. The van der Waals surface area contributed by atoms with Crippen molar-refractivity contribution in [1.82, 2.24) is 0 Å². The van der Waals surface area contributed by atoms with Crippen LogP contribution in [0.1, 0.15) is 15.9 Å². The summed E-state index contributed by atoms with van der Waals surface area (Å²) >= 11 is 0. The molecule has 0 saturated carbocycles. The summed E-state index contributed by atoms with van der Waals surface area (Å²) in [6.07, 6.45) is 0.656. The fourth-order valence-corrected chi connectivity index (χ4v) is 1.90. The van der Waals surface area contributed by atoms with Gasteiger partial charge in [0, 0.05) is 17.3 Å². The molecule has 0 aliphatic heterocycles. The lowest BCUT2D eigenvalue weighted by molar-refractivity contribution is 0.102. The first-order chi connectivity index (χ1) is 9.20. The van der Waals surface area contributed by atoms with E-state index in [4.69, 9.17) is 5.73 Å². The van der Waals surface area contributed by atoms with Crippen LogP contribution in [0.4, 0.5) is 5.69 Å². The molecular weight excluding hydrogens is 240 g/mol. The number of carbonyl (C=O) groups excluding carboxylic acids is 1. The van der Waals surface area contributed by atoms with Crippen molar-refractivity contribution in [3.05, 3.63) is 59.7 Å². The van der Waals surface area contributed by atoms with Crippen LogP contribution in [0, 0.1) is 0 Å². The second kappa shape index (κ2) is 6.02. The second-order valence-electron chi connectivity index (χ2n) is 4.20. The van der Waals surface area contributed by atoms with E-state index >= 15 is 0 Å². The third kappa shape index (κ3) is 3.33. The van der Waals surface area contributed by atoms with E-state index in [1.807, 2.05) is 18.2 Å². The van der Waals surface area contributed by atoms with Gasteiger partial charge in [-0.3, -0.25) is 4.79 Å². The molecule has 0 heterocycles. The average Bonchev–Trinajstić information content (AvgIpc) is 2.39. The first kappa shape index (κ1) is 13.1. The summed E-state index contributed by atoms with van der Waals surface area (Å²) < 4.78 is 0. The predicted octanol–water partition coefficient (Wildman–Crippen LogP) is 2.15. The van der Waals surface area contributed by atoms with Crippen molar-refractivity contribution >= 4 is 11.6 Å². The number of hydrogen-bond acceptors (Lipinski definition) is 3. The topological polar surface area (TPSA) is 75.4 Å². The van der Waals surface area contributed by atoms with Gasteiger partial charge < -0.3 is 16.2 Å². The number of nitrogens with two attached hydrogens (primary N) is 1. The number of nitrogens with one attached hydrogen (secondary N) is 1. The zero-order valence-electron chi connectivity index (χ0n) is 10.5. The molecular formula is C15H16N2O2. The van der Waals surface area contributed by atoms with Gasteiger partial charge in [-0.15, -0.1) is 0 Å². The zero-order chi connectivity index (χ0) is 13.7. The Morgan fingerprint density at radius 1 is 1.16 bits per heavy atom. The normalized spacial score (nSPS) is 10.2. The van der Waals surface area contributed by atoms with Crippen molar-refractivity contribution < 1.29 is 9.90 Å². The summed E-state index contributed by atoms with van der Waals surface area (Å²) in [4.78, 5) is 12.2. The van der Waals surface area contributed by atoms with Crippen LogP contribution in [-0.4, -0.2) is 17.6 Å². The highest BCUT2D eigenvalue weighted by atomic mass is 16.3. The van der Waals surface area contributed by atoms with Crippen LogP contribution in [-0.2, 0) is 6.42 Å². The third-order valence-electron chi connectivity index (χ3n) is 2.78. The number of aromatic hydroxyl groups is 1. The average molecular weight is 256 g/mol. The largest absolute Gasteiger partial charge is 0.508 e. The Morgan fingerprint density at radius 3 is 2.68 bits per heavy atom. The number of hydrogen-bond donors (Lipinski definition) is 3. The van der Waals surface area contributed by atoms with Crippen molar-refractivity contribution in [2.75, 3.05) is 11.9 Å². The fourth-order valence-electron chi connectivity index (χ4n) is 1.90. The molecule has 98 valence electrons. The quantitative estimate of drug-likeness (QED) is 0.784. The molecule has 4 N–H and O–H groups in total. The highest BCUT2D eigenvalue weighted by Crippen LogP contribution is 2.17. The van der Waals surface area contributed by atoms with E-state index in [-0.39, 0.29) is 11.7 Å². The number of anilines is 1. The molecule has 0 atom stereocenters. The molecule has 0 aromatic heterocycles. The van der Waals surface area contributed by atoms with Gasteiger partial charge >= 0.3 is 0 Å². The summed E-state index contributed by atoms with van der Waals surface area (Å²) in [6, 6.07) is 13.8. The van der Waals surface area contributed by atoms with Crippen LogP contribution in [0.3, 0.4) is 0 Å². The maximum atomic E-state index is 12.2. The van der Waals surface area contributed by atoms with Gasteiger partial charge in [0.1, 0.15) is 5.75 Å². The maximum absolute atomic E-state index is 12.2. The highest BCUT2D eigenvalue weighted by Gasteiger charge is 2.10. The van der Waals surface area contributed by atoms with Gasteiger partial charge in [0.15, 0.2) is 0 Å². The minimum absolute atomic E-state index is 0.119. The first-order valence-electron chi connectivity index (χ1n) is 6.09. The van der Waals surface area contributed by atoms with Gasteiger partial charge in [-0.2, -0.15) is 0 Å². The van der Waals surface area contributed by atoms with E-state index in [1.54, 1.807) is 24.3 Å². The highest BCUT2D eigenvalue weighted by molar-refractivity contribution is 6.05. The Bertz CT molecular complexity index is 582. The van der Waals surface area contributed by atoms with Crippen LogP contribution in [0.15, 0.2) is 48.5 Å². The summed E-state index contributed by atoms with van der Waals surface area (Å²) in [5, 5.41) is 12.1. The Morgan fingerprint density at radius 2 is 1.95 bits per heavy atom. The number of amides is 1. The van der Waals surface area contributed by atoms with Crippen LogP contribution < -0.4 is 11.1 Å². The van der Waals surface area contributed by atoms with Gasteiger partial charge in [-0.1, -0.05) is 24.3 Å². The van der Waals surface area contributed by atoms with Gasteiger partial charge in [0.25, 0.3) is 5.91 Å². The molecule has 0 bridgehead atoms. The monoisotopic (exact) mass is 256 g/mol. The number of benzene rings is 2. The van der Waals surface area contributed by atoms with E-state index in [0.29, 0.717) is 24.2 Å². The van der Waals surface area contributed by atoms with Crippen LogP contribution in [0.5, 0.6) is 5.75 Å². The Hall–Kier alpha value is -2.33. The van der Waals surface area contributed by atoms with Gasteiger partial charge in [-0.05, 0) is 36.7 Å². The molecule has 4 nitrogen and oxygen atoms in total. The van der Waals surface area contributed by atoms with Crippen molar-refractivity contribution in [3.8, 4) is 5.75 Å². The van der Waals surface area contributed by atoms with Crippen molar-refractivity contribution in [2.24, 2.45) is 5.73 Å². The van der Waals surface area contributed by atoms with E-state index in [0.717, 1.165) is 5.56 Å². The molecule has 1 amide bonds. The molecule has 2 aromatic carbocycles. The molecule has 0 aliphatic carbocycles. The van der Waals surface area contributed by atoms with Crippen LogP contribution in [0.2, 0.25) is 0 Å². The van der Waals surface area contributed by atoms with E-state index in [2.05, 4.69) is 5.32 Å². The number of phenolic OH excluding ortho intramolecular Hbond substituents is 1. The number of phenols is 1. The lowest BCUT2D eigenvalue weighted by atomic mass is 10.0. The standard InChI is InChI=1S/C15H16N2O2/c16-9-8-11-4-1-2-7-14(11)15(19)17-12-5-3-6-13(18)10-12/h1-7,10,18H,8-9,16H2,(H,17,19). The summed E-state index contributed by atoms with van der Waals surface area (Å²) in [5.41, 5.74) is 7.63. The smallest absolute Gasteiger partial charge is 0.255 e. The van der Waals surface area contributed by atoms with Crippen molar-refractivity contribution in [3.63, 3.8) is 0 Å². The molecule has 0 fully saturated rings. The SMILES string of the molecule is NCCc1ccccc1C(=O)Nc1cccc(O)c1. The summed E-state index contributed by atoms with van der Waals surface area (Å²) in [6.45, 7) is 0.496. The Labute approximate surface area is 111 Å². The van der Waals surface area contributed by atoms with Gasteiger partial charge in [0.2, 0.25) is 0 Å². The van der Waals surface area contributed by atoms with Crippen LogP contribution in [0.25, 0.3) is 0 Å². The zero-order valence-corrected chi connectivity index (χ0v) is 10.5. The minimum Gasteiger partial charge on any atom is -0.508 e. The lowest BCUT2D eigenvalue weighted by Crippen LogP contribution is -2.15. The Kier molecular flexibility index (Phi) is 4.15. The van der Waals surface area contributed by atoms with Gasteiger partial charge in [-0.25, -0.2) is 0 Å². The van der Waals surface area contributed by atoms with E-state index in [9.17, 15) is 9.90 Å². The van der Waals surface area contributed by atoms with E-state index < -0.39 is 0 Å². The maximum Gasteiger partial charge on any atom is 0.255 e. The predicted molar refractivity (Wildman–Crippen MR) is 75.3 cm³/mol. The molecule has 4 heteroatoms. The number of carbonyl (C=O) groups is 1. The Balaban J connectivity index is 2.20.